The average molecular weight is 442 g/mol. The first-order valence-electron chi connectivity index (χ1n) is 7.41. The van der Waals surface area contributed by atoms with Crippen molar-refractivity contribution in [3.05, 3.63) is 58.6 Å². The van der Waals surface area contributed by atoms with E-state index in [1.807, 2.05) is 0 Å². The quantitative estimate of drug-likeness (QED) is 0.490. The zero-order chi connectivity index (χ0) is 19.2. The maximum atomic E-state index is 12.5. The van der Waals surface area contributed by atoms with Crippen LogP contribution in [0.15, 0.2) is 57.9 Å². The van der Waals surface area contributed by atoms with Gasteiger partial charge in [-0.25, -0.2) is 13.2 Å². The molecule has 138 valence electrons. The third kappa shape index (κ3) is 5.74. The molecule has 0 aliphatic heterocycles. The topological polar surface area (TPSA) is 125 Å². The van der Waals surface area contributed by atoms with Gasteiger partial charge in [0.05, 0.1) is 4.90 Å². The Kier molecular flexibility index (Phi) is 6.58. The van der Waals surface area contributed by atoms with Gasteiger partial charge in [0, 0.05) is 28.8 Å². The largest absolute Gasteiger partial charge is 0.465 e. The minimum absolute atomic E-state index is 0.0458. The van der Waals surface area contributed by atoms with Gasteiger partial charge in [-0.3, -0.25) is 9.52 Å². The summed E-state index contributed by atoms with van der Waals surface area (Å²) < 4.78 is 28.2. The molecule has 4 N–H and O–H groups in total. The normalized spacial score (nSPS) is 10.8. The Bertz CT molecular complexity index is 900. The number of carbonyl (C=O) groups is 2. The maximum absolute atomic E-state index is 12.5. The number of amides is 2. The second-order valence-electron chi connectivity index (χ2n) is 5.13. The Hall–Kier alpha value is -2.59. The van der Waals surface area contributed by atoms with Crippen molar-refractivity contribution in [3.8, 4) is 0 Å². The van der Waals surface area contributed by atoms with Gasteiger partial charge in [0.15, 0.2) is 0 Å². The first kappa shape index (κ1) is 19.7. The highest BCUT2D eigenvalue weighted by atomic mass is 79.9. The van der Waals surface area contributed by atoms with Crippen LogP contribution in [0.3, 0.4) is 0 Å². The van der Waals surface area contributed by atoms with Gasteiger partial charge >= 0.3 is 6.09 Å². The van der Waals surface area contributed by atoms with Crippen LogP contribution in [0.2, 0.25) is 0 Å². The van der Waals surface area contributed by atoms with E-state index < -0.39 is 22.0 Å². The third-order valence-corrected chi connectivity index (χ3v) is 5.10. The van der Waals surface area contributed by atoms with E-state index in [2.05, 4.69) is 31.3 Å². The Labute approximate surface area is 158 Å². The number of carbonyl (C=O) groups excluding carboxylic acids is 1. The molecule has 2 rings (SSSR count). The highest BCUT2D eigenvalue weighted by Crippen LogP contribution is 2.19. The Morgan fingerprint density at radius 1 is 1.00 bits per heavy atom. The molecule has 0 aliphatic rings. The Morgan fingerprint density at radius 3 is 2.31 bits per heavy atom. The van der Waals surface area contributed by atoms with Crippen molar-refractivity contribution in [1.82, 2.24) is 10.6 Å². The third-order valence-electron chi connectivity index (χ3n) is 3.19. The lowest BCUT2D eigenvalue weighted by Crippen LogP contribution is -2.34. The molecule has 0 aliphatic carbocycles. The summed E-state index contributed by atoms with van der Waals surface area (Å²) in [4.78, 5) is 22.3. The van der Waals surface area contributed by atoms with Crippen LogP contribution in [0.4, 0.5) is 10.5 Å². The minimum atomic E-state index is -3.85. The number of anilines is 1. The lowest BCUT2D eigenvalue weighted by Gasteiger charge is -2.10. The monoisotopic (exact) mass is 441 g/mol. The summed E-state index contributed by atoms with van der Waals surface area (Å²) in [5, 5.41) is 13.1. The summed E-state index contributed by atoms with van der Waals surface area (Å²) in [6.07, 6.45) is -1.19. The van der Waals surface area contributed by atoms with Gasteiger partial charge in [-0.15, -0.1) is 0 Å². The predicted molar refractivity (Wildman–Crippen MR) is 99.8 cm³/mol. The number of halogens is 1. The van der Waals surface area contributed by atoms with Crippen molar-refractivity contribution in [3.63, 3.8) is 0 Å². The van der Waals surface area contributed by atoms with Crippen LogP contribution in [0.5, 0.6) is 0 Å². The summed E-state index contributed by atoms with van der Waals surface area (Å²) in [6, 6.07) is 12.2. The summed E-state index contributed by atoms with van der Waals surface area (Å²) in [5.74, 6) is -0.502. The van der Waals surface area contributed by atoms with E-state index in [4.69, 9.17) is 5.11 Å². The smallest absolute Gasteiger partial charge is 0.404 e. The first-order valence-corrected chi connectivity index (χ1v) is 9.69. The summed E-state index contributed by atoms with van der Waals surface area (Å²) in [7, 11) is -3.85. The van der Waals surface area contributed by atoms with E-state index in [9.17, 15) is 18.0 Å². The molecule has 0 saturated carbocycles. The van der Waals surface area contributed by atoms with Crippen LogP contribution in [-0.4, -0.2) is 38.6 Å². The molecule has 0 unspecified atom stereocenters. The molecule has 0 atom stereocenters. The highest BCUT2D eigenvalue weighted by molar-refractivity contribution is 9.10. The Balaban J connectivity index is 2.08. The van der Waals surface area contributed by atoms with Crippen LogP contribution >= 0.6 is 15.9 Å². The van der Waals surface area contributed by atoms with E-state index in [1.54, 1.807) is 24.3 Å². The maximum Gasteiger partial charge on any atom is 0.404 e. The fourth-order valence-corrected chi connectivity index (χ4v) is 3.35. The fourth-order valence-electron chi connectivity index (χ4n) is 1.98. The highest BCUT2D eigenvalue weighted by Gasteiger charge is 2.16. The molecule has 10 heteroatoms. The molecule has 0 bridgehead atoms. The number of sulfonamides is 1. The van der Waals surface area contributed by atoms with Gasteiger partial charge < -0.3 is 15.7 Å². The SMILES string of the molecule is O=C(O)NCCNC(=O)c1cccc(S(=O)(=O)Nc2ccc(Br)cc2)c1. The average Bonchev–Trinajstić information content (AvgIpc) is 2.60. The second kappa shape index (κ2) is 8.68. The molecule has 2 aromatic rings. The zero-order valence-corrected chi connectivity index (χ0v) is 15.8. The van der Waals surface area contributed by atoms with Gasteiger partial charge in [0.2, 0.25) is 0 Å². The molecule has 8 nitrogen and oxygen atoms in total. The molecular formula is C16H16BrN3O5S. The van der Waals surface area contributed by atoms with Crippen molar-refractivity contribution in [1.29, 1.82) is 0 Å². The molecule has 0 spiro atoms. The molecule has 0 saturated heterocycles. The zero-order valence-electron chi connectivity index (χ0n) is 13.4. The molecule has 0 aromatic heterocycles. The molecule has 26 heavy (non-hydrogen) atoms. The van der Waals surface area contributed by atoms with Gasteiger partial charge in [-0.2, -0.15) is 0 Å². The van der Waals surface area contributed by atoms with Crippen molar-refractivity contribution < 1.29 is 23.1 Å². The van der Waals surface area contributed by atoms with Crippen molar-refractivity contribution in [2.75, 3.05) is 17.8 Å². The predicted octanol–water partition coefficient (Wildman–Crippen LogP) is 2.25. The number of benzene rings is 2. The van der Waals surface area contributed by atoms with Crippen LogP contribution in [0.25, 0.3) is 0 Å². The van der Waals surface area contributed by atoms with Gasteiger partial charge in [-0.05, 0) is 42.5 Å². The first-order chi connectivity index (χ1) is 12.3. The lowest BCUT2D eigenvalue weighted by atomic mass is 10.2. The lowest BCUT2D eigenvalue weighted by molar-refractivity contribution is 0.0953. The van der Waals surface area contributed by atoms with Crippen molar-refractivity contribution in [2.24, 2.45) is 0 Å². The summed E-state index contributed by atoms with van der Waals surface area (Å²) in [6.45, 7) is 0.128. The van der Waals surface area contributed by atoms with Crippen LogP contribution in [-0.2, 0) is 10.0 Å². The molecular weight excluding hydrogens is 426 g/mol. The van der Waals surface area contributed by atoms with Gasteiger partial charge in [-0.1, -0.05) is 22.0 Å². The van der Waals surface area contributed by atoms with Crippen LogP contribution < -0.4 is 15.4 Å². The van der Waals surface area contributed by atoms with E-state index >= 15 is 0 Å². The number of rotatable bonds is 7. The van der Waals surface area contributed by atoms with Crippen LogP contribution in [0, 0.1) is 0 Å². The number of hydrogen-bond donors (Lipinski definition) is 4. The van der Waals surface area contributed by atoms with Gasteiger partial charge in [0.25, 0.3) is 15.9 Å². The molecule has 0 fully saturated rings. The molecule has 2 aromatic carbocycles. The molecule has 0 heterocycles. The van der Waals surface area contributed by atoms with Crippen molar-refractivity contribution in [2.45, 2.75) is 4.90 Å². The van der Waals surface area contributed by atoms with E-state index in [0.717, 1.165) is 4.47 Å². The van der Waals surface area contributed by atoms with E-state index in [1.165, 1.54) is 24.3 Å². The summed E-state index contributed by atoms with van der Waals surface area (Å²) in [5.41, 5.74) is 0.543. The minimum Gasteiger partial charge on any atom is -0.465 e. The van der Waals surface area contributed by atoms with E-state index in [-0.39, 0.29) is 23.5 Å². The summed E-state index contributed by atoms with van der Waals surface area (Å²) >= 11 is 3.27. The Morgan fingerprint density at radius 2 is 1.65 bits per heavy atom. The van der Waals surface area contributed by atoms with Gasteiger partial charge in [0.1, 0.15) is 0 Å². The second-order valence-corrected chi connectivity index (χ2v) is 7.73. The number of carboxylic acid groups (broad SMARTS) is 1. The fraction of sp³-hybridized carbons (Fsp3) is 0.125. The standard InChI is InChI=1S/C16H16BrN3O5S/c17-12-4-6-13(7-5-12)20-26(24,25)14-3-1-2-11(10-14)15(21)18-8-9-19-16(22)23/h1-7,10,19-20H,8-9H2,(H,18,21)(H,22,23). The van der Waals surface area contributed by atoms with E-state index in [0.29, 0.717) is 5.69 Å². The van der Waals surface area contributed by atoms with Crippen molar-refractivity contribution >= 4 is 43.6 Å². The number of nitrogens with one attached hydrogen (secondary N) is 3. The number of hydrogen-bond acceptors (Lipinski definition) is 4. The molecule has 2 amide bonds. The van der Waals surface area contributed by atoms with Crippen LogP contribution in [0.1, 0.15) is 10.4 Å². The molecule has 0 radical (unpaired) electrons.